The highest BCUT2D eigenvalue weighted by molar-refractivity contribution is 5.97. The predicted octanol–water partition coefficient (Wildman–Crippen LogP) is 3.96. The average Bonchev–Trinajstić information content (AvgIpc) is 3.27. The largest absolute Gasteiger partial charge is 0.463 e. The van der Waals surface area contributed by atoms with Gasteiger partial charge in [0.25, 0.3) is 5.91 Å². The second-order valence-corrected chi connectivity index (χ2v) is 6.23. The lowest BCUT2D eigenvalue weighted by Crippen LogP contribution is -2.34. The molecule has 4 nitrogen and oxygen atoms in total. The predicted molar refractivity (Wildman–Crippen MR) is 89.5 cm³/mol. The molecule has 23 heavy (non-hydrogen) atoms. The standard InChI is InChI=1S/C19H20N2O2/c22-19(20-15-8-4-5-9-15)17-12-18-16(10-11-23-18)21(17)13-14-6-2-1-3-7-14/h1-3,6-7,10-12,15H,4-5,8-9,13H2,(H,20,22). The fourth-order valence-electron chi connectivity index (χ4n) is 3.43. The Balaban J connectivity index is 1.66. The quantitative estimate of drug-likeness (QED) is 0.793. The monoisotopic (exact) mass is 308 g/mol. The summed E-state index contributed by atoms with van der Waals surface area (Å²) in [6, 6.07) is 14.3. The van der Waals surface area contributed by atoms with E-state index in [4.69, 9.17) is 4.42 Å². The van der Waals surface area contributed by atoms with Crippen LogP contribution in [0, 0.1) is 0 Å². The van der Waals surface area contributed by atoms with E-state index in [0.29, 0.717) is 18.3 Å². The van der Waals surface area contributed by atoms with E-state index < -0.39 is 0 Å². The van der Waals surface area contributed by atoms with Crippen molar-refractivity contribution in [2.75, 3.05) is 0 Å². The fourth-order valence-corrected chi connectivity index (χ4v) is 3.43. The molecule has 2 aromatic heterocycles. The van der Waals surface area contributed by atoms with Gasteiger partial charge in [-0.25, -0.2) is 0 Å². The van der Waals surface area contributed by atoms with Crippen LogP contribution in [0.5, 0.6) is 0 Å². The Bertz CT molecular complexity index is 810. The summed E-state index contributed by atoms with van der Waals surface area (Å²) in [4.78, 5) is 12.7. The van der Waals surface area contributed by atoms with Crippen LogP contribution in [0.1, 0.15) is 41.7 Å². The molecule has 4 heteroatoms. The highest BCUT2D eigenvalue weighted by atomic mass is 16.3. The Morgan fingerprint density at radius 3 is 2.74 bits per heavy atom. The normalized spacial score (nSPS) is 15.3. The molecule has 3 aromatic rings. The molecule has 1 amide bonds. The van der Waals surface area contributed by atoms with Crippen molar-refractivity contribution in [3.05, 3.63) is 60.0 Å². The first-order valence-electron chi connectivity index (χ1n) is 8.23. The van der Waals surface area contributed by atoms with Gasteiger partial charge in [-0.3, -0.25) is 4.79 Å². The van der Waals surface area contributed by atoms with E-state index in [9.17, 15) is 4.79 Å². The van der Waals surface area contributed by atoms with Crippen LogP contribution in [-0.2, 0) is 6.54 Å². The van der Waals surface area contributed by atoms with E-state index in [2.05, 4.69) is 17.4 Å². The lowest BCUT2D eigenvalue weighted by Gasteiger charge is -2.14. The van der Waals surface area contributed by atoms with Crippen molar-refractivity contribution in [2.45, 2.75) is 38.3 Å². The minimum absolute atomic E-state index is 0.000712. The van der Waals surface area contributed by atoms with E-state index >= 15 is 0 Å². The third-order valence-corrected chi connectivity index (χ3v) is 4.63. The average molecular weight is 308 g/mol. The molecule has 1 aliphatic carbocycles. The number of hydrogen-bond acceptors (Lipinski definition) is 2. The van der Waals surface area contributed by atoms with Gasteiger partial charge >= 0.3 is 0 Å². The van der Waals surface area contributed by atoms with Crippen molar-refractivity contribution >= 4 is 17.0 Å². The number of aromatic nitrogens is 1. The van der Waals surface area contributed by atoms with Crippen molar-refractivity contribution in [3.63, 3.8) is 0 Å². The molecule has 0 radical (unpaired) electrons. The van der Waals surface area contributed by atoms with Gasteiger partial charge in [-0.15, -0.1) is 0 Å². The topological polar surface area (TPSA) is 47.2 Å². The zero-order chi connectivity index (χ0) is 15.6. The molecular formula is C19H20N2O2. The molecular weight excluding hydrogens is 288 g/mol. The molecule has 1 saturated carbocycles. The minimum Gasteiger partial charge on any atom is -0.463 e. The van der Waals surface area contributed by atoms with Gasteiger partial charge in [0.05, 0.1) is 11.8 Å². The summed E-state index contributed by atoms with van der Waals surface area (Å²) in [5.41, 5.74) is 3.57. The number of nitrogens with zero attached hydrogens (tertiary/aromatic N) is 1. The summed E-state index contributed by atoms with van der Waals surface area (Å²) < 4.78 is 7.54. The molecule has 1 aliphatic rings. The Labute approximate surface area is 135 Å². The van der Waals surface area contributed by atoms with Crippen molar-refractivity contribution in [3.8, 4) is 0 Å². The maximum atomic E-state index is 12.7. The molecule has 0 aliphatic heterocycles. The molecule has 2 heterocycles. The maximum Gasteiger partial charge on any atom is 0.268 e. The summed E-state index contributed by atoms with van der Waals surface area (Å²) in [5.74, 6) is -0.000712. The van der Waals surface area contributed by atoms with E-state index in [1.807, 2.05) is 34.9 Å². The van der Waals surface area contributed by atoms with Crippen LogP contribution < -0.4 is 5.32 Å². The molecule has 0 unspecified atom stereocenters. The van der Waals surface area contributed by atoms with Gasteiger partial charge in [0, 0.05) is 24.7 Å². The maximum absolute atomic E-state index is 12.7. The SMILES string of the molecule is O=C(NC1CCCC1)c1cc2occc2n1Cc1ccccc1. The third-order valence-electron chi connectivity index (χ3n) is 4.63. The number of benzene rings is 1. The Hall–Kier alpha value is -2.49. The lowest BCUT2D eigenvalue weighted by atomic mass is 10.2. The summed E-state index contributed by atoms with van der Waals surface area (Å²) in [7, 11) is 0. The molecule has 0 bridgehead atoms. The number of fused-ring (bicyclic) bond motifs is 1. The van der Waals surface area contributed by atoms with Crippen LogP contribution in [0.3, 0.4) is 0 Å². The van der Waals surface area contributed by atoms with Crippen molar-refractivity contribution in [1.29, 1.82) is 0 Å². The lowest BCUT2D eigenvalue weighted by molar-refractivity contribution is 0.0929. The van der Waals surface area contributed by atoms with Gasteiger partial charge in [-0.05, 0) is 18.4 Å². The van der Waals surface area contributed by atoms with Crippen LogP contribution in [0.4, 0.5) is 0 Å². The summed E-state index contributed by atoms with van der Waals surface area (Å²) >= 11 is 0. The zero-order valence-corrected chi connectivity index (χ0v) is 13.0. The van der Waals surface area contributed by atoms with Crippen LogP contribution in [0.2, 0.25) is 0 Å². The summed E-state index contributed by atoms with van der Waals surface area (Å²) in [5, 5.41) is 3.17. The summed E-state index contributed by atoms with van der Waals surface area (Å²) in [6.07, 6.45) is 6.25. The van der Waals surface area contributed by atoms with Crippen LogP contribution >= 0.6 is 0 Å². The molecule has 118 valence electrons. The number of carbonyl (C=O) groups excluding carboxylic acids is 1. The smallest absolute Gasteiger partial charge is 0.268 e. The molecule has 0 spiro atoms. The number of carbonyl (C=O) groups is 1. The molecule has 1 fully saturated rings. The molecule has 0 atom stereocenters. The minimum atomic E-state index is -0.000712. The van der Waals surface area contributed by atoms with Crippen molar-refractivity contribution < 1.29 is 9.21 Å². The van der Waals surface area contributed by atoms with Gasteiger partial charge in [0.1, 0.15) is 5.69 Å². The van der Waals surface area contributed by atoms with E-state index in [0.717, 1.165) is 23.9 Å². The number of amides is 1. The number of hydrogen-bond donors (Lipinski definition) is 1. The van der Waals surface area contributed by atoms with Gasteiger partial charge in [0.15, 0.2) is 5.58 Å². The Morgan fingerprint density at radius 1 is 1.17 bits per heavy atom. The molecule has 1 aromatic carbocycles. The van der Waals surface area contributed by atoms with E-state index in [1.165, 1.54) is 18.4 Å². The number of nitrogens with one attached hydrogen (secondary N) is 1. The highest BCUT2D eigenvalue weighted by Crippen LogP contribution is 2.24. The van der Waals surface area contributed by atoms with Crippen LogP contribution in [0.25, 0.3) is 11.1 Å². The first-order valence-corrected chi connectivity index (χ1v) is 8.23. The zero-order valence-electron chi connectivity index (χ0n) is 13.0. The van der Waals surface area contributed by atoms with Gasteiger partial charge in [-0.2, -0.15) is 0 Å². The third kappa shape index (κ3) is 2.77. The molecule has 0 saturated heterocycles. The number of furan rings is 1. The van der Waals surface area contributed by atoms with Crippen LogP contribution in [-0.4, -0.2) is 16.5 Å². The Kier molecular flexibility index (Phi) is 3.66. The second-order valence-electron chi connectivity index (χ2n) is 6.23. The van der Waals surface area contributed by atoms with Gasteiger partial charge in [0.2, 0.25) is 0 Å². The highest BCUT2D eigenvalue weighted by Gasteiger charge is 2.22. The van der Waals surface area contributed by atoms with Gasteiger partial charge < -0.3 is 14.3 Å². The molecule has 1 N–H and O–H groups in total. The molecule has 4 rings (SSSR count). The van der Waals surface area contributed by atoms with Crippen LogP contribution in [0.15, 0.2) is 53.1 Å². The fraction of sp³-hybridized carbons (Fsp3) is 0.316. The number of rotatable bonds is 4. The first kappa shape index (κ1) is 14.1. The van der Waals surface area contributed by atoms with Gasteiger partial charge in [-0.1, -0.05) is 43.2 Å². The summed E-state index contributed by atoms with van der Waals surface area (Å²) in [6.45, 7) is 0.664. The van der Waals surface area contributed by atoms with Crippen molar-refractivity contribution in [2.24, 2.45) is 0 Å². The van der Waals surface area contributed by atoms with E-state index in [1.54, 1.807) is 6.26 Å². The van der Waals surface area contributed by atoms with E-state index in [-0.39, 0.29) is 5.91 Å². The first-order chi connectivity index (χ1) is 11.3. The Morgan fingerprint density at radius 2 is 1.96 bits per heavy atom. The second kappa shape index (κ2) is 5.95. The van der Waals surface area contributed by atoms with Crippen molar-refractivity contribution in [1.82, 2.24) is 9.88 Å².